The van der Waals surface area contributed by atoms with Gasteiger partial charge in [0.05, 0.1) is 5.52 Å². The number of aromatic nitrogens is 1. The zero-order valence-corrected chi connectivity index (χ0v) is 13.7. The van der Waals surface area contributed by atoms with E-state index in [4.69, 9.17) is 4.84 Å². The normalized spacial score (nSPS) is 10.7. The van der Waals surface area contributed by atoms with Crippen LogP contribution in [0.2, 0.25) is 0 Å². The topological polar surface area (TPSA) is 43.3 Å². The summed E-state index contributed by atoms with van der Waals surface area (Å²) >= 11 is 0. The van der Waals surface area contributed by atoms with Crippen LogP contribution in [0.3, 0.4) is 0 Å². The molecular formula is C21H15FN2O2. The van der Waals surface area contributed by atoms with Crippen molar-refractivity contribution >= 4 is 22.5 Å². The molecule has 0 radical (unpaired) electrons. The summed E-state index contributed by atoms with van der Waals surface area (Å²) in [5.74, 6) is -0.384. The van der Waals surface area contributed by atoms with E-state index < -0.39 is 5.95 Å². The molecule has 4 aromatic rings. The molecule has 0 aliphatic heterocycles. The molecule has 4 nitrogen and oxygen atoms in total. The number of amides is 1. The van der Waals surface area contributed by atoms with Crippen LogP contribution in [-0.4, -0.2) is 10.6 Å². The molecule has 0 unspecified atom stereocenters. The van der Waals surface area contributed by atoms with E-state index in [1.165, 1.54) is 6.07 Å². The molecule has 1 heterocycles. The molecule has 0 aliphatic rings. The molecule has 0 spiro atoms. The number of hydrogen-bond acceptors (Lipinski definition) is 2. The fourth-order valence-electron chi connectivity index (χ4n) is 2.77. The first-order valence-electron chi connectivity index (χ1n) is 8.12. The molecule has 4 rings (SSSR count). The minimum absolute atomic E-state index is 0.307. The number of fused-ring (bicyclic) bond motifs is 1. The minimum Gasteiger partial charge on any atom is -0.372 e. The number of carbonyl (C=O) groups is 1. The van der Waals surface area contributed by atoms with Gasteiger partial charge in [-0.25, -0.2) is 0 Å². The lowest BCUT2D eigenvalue weighted by Crippen LogP contribution is -2.12. The monoisotopic (exact) mass is 346 g/mol. The van der Waals surface area contributed by atoms with E-state index in [2.05, 4.69) is 5.32 Å². The van der Waals surface area contributed by atoms with Gasteiger partial charge in [0.2, 0.25) is 5.95 Å². The van der Waals surface area contributed by atoms with E-state index in [0.717, 1.165) is 4.73 Å². The Balaban J connectivity index is 1.71. The minimum atomic E-state index is -0.580. The highest BCUT2D eigenvalue weighted by atomic mass is 19.1. The van der Waals surface area contributed by atoms with E-state index >= 15 is 0 Å². The number of nitrogens with zero attached hydrogens (tertiary/aromatic N) is 1. The number of benzene rings is 3. The molecule has 0 fully saturated rings. The van der Waals surface area contributed by atoms with Crippen LogP contribution in [0.5, 0.6) is 5.75 Å². The summed E-state index contributed by atoms with van der Waals surface area (Å²) in [7, 11) is 0. The zero-order chi connectivity index (χ0) is 17.9. The van der Waals surface area contributed by atoms with Crippen LogP contribution in [0, 0.1) is 5.95 Å². The standard InChI is InChI=1S/C21H15FN2O2/c22-20-14-18-17(21(25)23-15-8-3-1-4-9-15)12-7-13-19(18)24(20)26-16-10-5-2-6-11-16/h1-14H,(H,23,25). The van der Waals surface area contributed by atoms with Gasteiger partial charge in [0.25, 0.3) is 5.91 Å². The van der Waals surface area contributed by atoms with E-state index in [0.29, 0.717) is 27.9 Å². The average Bonchev–Trinajstić information content (AvgIpc) is 2.99. The molecule has 3 aromatic carbocycles. The van der Waals surface area contributed by atoms with Crippen LogP contribution in [-0.2, 0) is 0 Å². The molecule has 5 heteroatoms. The smallest absolute Gasteiger partial charge is 0.256 e. The van der Waals surface area contributed by atoms with Gasteiger partial charge in [-0.3, -0.25) is 4.79 Å². The summed E-state index contributed by atoms with van der Waals surface area (Å²) in [5.41, 5.74) is 1.53. The molecular weight excluding hydrogens is 331 g/mol. The Morgan fingerprint density at radius 2 is 1.58 bits per heavy atom. The Kier molecular flexibility index (Phi) is 4.11. The second kappa shape index (κ2) is 6.72. The maximum Gasteiger partial charge on any atom is 0.256 e. The van der Waals surface area contributed by atoms with Gasteiger partial charge in [-0.15, -0.1) is 4.73 Å². The zero-order valence-electron chi connectivity index (χ0n) is 13.7. The van der Waals surface area contributed by atoms with Crippen molar-refractivity contribution in [3.8, 4) is 5.75 Å². The van der Waals surface area contributed by atoms with Crippen LogP contribution in [0.25, 0.3) is 10.9 Å². The fraction of sp³-hybridized carbons (Fsp3) is 0. The van der Waals surface area contributed by atoms with Gasteiger partial charge in [-0.1, -0.05) is 42.5 Å². The molecule has 0 aliphatic carbocycles. The highest BCUT2D eigenvalue weighted by Crippen LogP contribution is 2.25. The largest absolute Gasteiger partial charge is 0.372 e. The van der Waals surface area contributed by atoms with Crippen LogP contribution in [0.4, 0.5) is 10.1 Å². The number of hydrogen-bond donors (Lipinski definition) is 1. The van der Waals surface area contributed by atoms with Crippen molar-refractivity contribution in [1.82, 2.24) is 4.73 Å². The maximum atomic E-state index is 14.5. The Morgan fingerprint density at radius 1 is 0.885 bits per heavy atom. The molecule has 0 saturated carbocycles. The summed E-state index contributed by atoms with van der Waals surface area (Å²) < 4.78 is 15.6. The van der Waals surface area contributed by atoms with Crippen molar-refractivity contribution in [3.05, 3.63) is 96.4 Å². The fourth-order valence-corrected chi connectivity index (χ4v) is 2.77. The van der Waals surface area contributed by atoms with Gasteiger partial charge in [-0.2, -0.15) is 4.39 Å². The van der Waals surface area contributed by atoms with Crippen molar-refractivity contribution in [2.24, 2.45) is 0 Å². The van der Waals surface area contributed by atoms with Crippen LogP contribution in [0.15, 0.2) is 84.9 Å². The Labute approximate surface area is 149 Å². The Morgan fingerprint density at radius 3 is 2.31 bits per heavy atom. The van der Waals surface area contributed by atoms with E-state index in [1.54, 1.807) is 54.6 Å². The van der Waals surface area contributed by atoms with Gasteiger partial charge in [0.15, 0.2) is 5.75 Å². The first-order valence-corrected chi connectivity index (χ1v) is 8.12. The third kappa shape index (κ3) is 3.02. The van der Waals surface area contributed by atoms with Crippen molar-refractivity contribution in [2.45, 2.75) is 0 Å². The molecule has 0 bridgehead atoms. The van der Waals surface area contributed by atoms with Crippen molar-refractivity contribution in [2.75, 3.05) is 5.32 Å². The molecule has 1 aromatic heterocycles. The van der Waals surface area contributed by atoms with Crippen molar-refractivity contribution in [3.63, 3.8) is 0 Å². The third-order valence-electron chi connectivity index (χ3n) is 3.98. The van der Waals surface area contributed by atoms with Crippen LogP contribution < -0.4 is 10.2 Å². The highest BCUT2D eigenvalue weighted by Gasteiger charge is 2.17. The average molecular weight is 346 g/mol. The predicted molar refractivity (Wildman–Crippen MR) is 98.8 cm³/mol. The van der Waals surface area contributed by atoms with Gasteiger partial charge in [0.1, 0.15) is 0 Å². The Hall–Kier alpha value is -3.60. The summed E-state index contributed by atoms with van der Waals surface area (Å²) in [5, 5.41) is 3.30. The number of rotatable bonds is 4. The number of para-hydroxylation sites is 2. The summed E-state index contributed by atoms with van der Waals surface area (Å²) in [6, 6.07) is 24.4. The highest BCUT2D eigenvalue weighted by molar-refractivity contribution is 6.12. The molecule has 128 valence electrons. The maximum absolute atomic E-state index is 14.5. The van der Waals surface area contributed by atoms with Gasteiger partial charge in [0, 0.05) is 22.7 Å². The SMILES string of the molecule is O=C(Nc1ccccc1)c1cccc2c1cc(F)n2Oc1ccccc1. The lowest BCUT2D eigenvalue weighted by atomic mass is 10.1. The number of halogens is 1. The number of nitrogens with one attached hydrogen (secondary N) is 1. The molecule has 0 saturated heterocycles. The quantitative estimate of drug-likeness (QED) is 0.573. The van der Waals surface area contributed by atoms with E-state index in [1.807, 2.05) is 24.3 Å². The first kappa shape index (κ1) is 15.9. The molecule has 1 N–H and O–H groups in total. The van der Waals surface area contributed by atoms with Gasteiger partial charge in [-0.05, 0) is 36.4 Å². The van der Waals surface area contributed by atoms with Crippen LogP contribution >= 0.6 is 0 Å². The van der Waals surface area contributed by atoms with Crippen molar-refractivity contribution in [1.29, 1.82) is 0 Å². The predicted octanol–water partition coefficient (Wildman–Crippen LogP) is 4.87. The van der Waals surface area contributed by atoms with Crippen LogP contribution in [0.1, 0.15) is 10.4 Å². The van der Waals surface area contributed by atoms with Gasteiger partial charge >= 0.3 is 0 Å². The summed E-state index contributed by atoms with van der Waals surface area (Å²) in [6.45, 7) is 0. The molecule has 26 heavy (non-hydrogen) atoms. The van der Waals surface area contributed by atoms with E-state index in [-0.39, 0.29) is 5.91 Å². The second-order valence-corrected chi connectivity index (χ2v) is 5.72. The third-order valence-corrected chi connectivity index (χ3v) is 3.98. The second-order valence-electron chi connectivity index (χ2n) is 5.72. The van der Waals surface area contributed by atoms with E-state index in [9.17, 15) is 9.18 Å². The summed E-state index contributed by atoms with van der Waals surface area (Å²) in [6.07, 6.45) is 0. The number of carbonyl (C=O) groups excluding carboxylic acids is 1. The molecule has 0 atom stereocenters. The lowest BCUT2D eigenvalue weighted by Gasteiger charge is -2.09. The lowest BCUT2D eigenvalue weighted by molar-refractivity contribution is 0.102. The first-order chi connectivity index (χ1) is 12.7. The Bertz CT molecular complexity index is 1060. The number of anilines is 1. The summed E-state index contributed by atoms with van der Waals surface area (Å²) in [4.78, 5) is 18.2. The molecule has 1 amide bonds. The van der Waals surface area contributed by atoms with Crippen molar-refractivity contribution < 1.29 is 14.0 Å². The van der Waals surface area contributed by atoms with Gasteiger partial charge < -0.3 is 10.2 Å².